The third-order valence-corrected chi connectivity index (χ3v) is 2.33. The summed E-state index contributed by atoms with van der Waals surface area (Å²) < 4.78 is 29.6. The van der Waals surface area contributed by atoms with Crippen LogP contribution in [0.5, 0.6) is 5.75 Å². The van der Waals surface area contributed by atoms with Crippen molar-refractivity contribution >= 4 is 11.8 Å². The zero-order valence-corrected chi connectivity index (χ0v) is 8.20. The van der Waals surface area contributed by atoms with E-state index in [9.17, 15) is 8.78 Å². The van der Waals surface area contributed by atoms with E-state index in [1.165, 1.54) is 31.0 Å². The molecule has 0 spiro atoms. The molecule has 0 N–H and O–H groups in total. The van der Waals surface area contributed by atoms with Gasteiger partial charge in [0, 0.05) is 10.5 Å². The van der Waals surface area contributed by atoms with E-state index < -0.39 is 6.43 Å². The van der Waals surface area contributed by atoms with Gasteiger partial charge in [0.2, 0.25) is 0 Å². The molecule has 1 aromatic rings. The number of hydrogen-bond donors (Lipinski definition) is 0. The molecule has 0 fully saturated rings. The number of ether oxygens (including phenoxy) is 1. The van der Waals surface area contributed by atoms with Gasteiger partial charge in [-0.05, 0) is 24.5 Å². The van der Waals surface area contributed by atoms with Crippen LogP contribution in [0.2, 0.25) is 0 Å². The van der Waals surface area contributed by atoms with Crippen molar-refractivity contribution in [2.24, 2.45) is 0 Å². The quantitative estimate of drug-likeness (QED) is 0.698. The number of alkyl halides is 2. The molecule has 0 aliphatic carbocycles. The number of methoxy groups -OCH3 is 1. The summed E-state index contributed by atoms with van der Waals surface area (Å²) in [7, 11) is 1.47. The molecule has 0 saturated heterocycles. The summed E-state index contributed by atoms with van der Waals surface area (Å²) in [5.74, 6) is 0.474. The second kappa shape index (κ2) is 4.46. The molecule has 0 saturated carbocycles. The molecule has 0 atom stereocenters. The van der Waals surface area contributed by atoms with E-state index in [1.807, 2.05) is 6.26 Å². The molecule has 0 unspecified atom stereocenters. The Hall–Kier alpha value is -0.770. The third-order valence-electron chi connectivity index (χ3n) is 1.63. The van der Waals surface area contributed by atoms with Crippen LogP contribution in [0.25, 0.3) is 0 Å². The second-order valence-electron chi connectivity index (χ2n) is 2.45. The summed E-state index contributed by atoms with van der Waals surface area (Å²) in [6.45, 7) is 0. The van der Waals surface area contributed by atoms with Crippen LogP contribution >= 0.6 is 11.8 Å². The average Bonchev–Trinajstić information content (AvgIpc) is 2.16. The minimum absolute atomic E-state index is 0.00343. The van der Waals surface area contributed by atoms with Crippen LogP contribution in [-0.2, 0) is 0 Å². The van der Waals surface area contributed by atoms with Crippen molar-refractivity contribution in [3.8, 4) is 5.75 Å². The van der Waals surface area contributed by atoms with E-state index in [4.69, 9.17) is 4.74 Å². The molecule has 13 heavy (non-hydrogen) atoms. The van der Waals surface area contributed by atoms with Crippen LogP contribution in [0.4, 0.5) is 8.78 Å². The predicted molar refractivity (Wildman–Crippen MR) is 49.7 cm³/mol. The molecule has 0 heterocycles. The van der Waals surface area contributed by atoms with Gasteiger partial charge in [0.15, 0.2) is 0 Å². The largest absolute Gasteiger partial charge is 0.497 e. The van der Waals surface area contributed by atoms with Gasteiger partial charge in [-0.2, -0.15) is 0 Å². The average molecular weight is 204 g/mol. The van der Waals surface area contributed by atoms with Gasteiger partial charge in [-0.1, -0.05) is 0 Å². The molecule has 1 rings (SSSR count). The van der Waals surface area contributed by atoms with Gasteiger partial charge >= 0.3 is 0 Å². The number of hydrogen-bond acceptors (Lipinski definition) is 2. The Kier molecular flexibility index (Phi) is 3.54. The monoisotopic (exact) mass is 204 g/mol. The molecular formula is C9H10F2OS. The standard InChI is InChI=1S/C9H10F2OS/c1-12-7-3-6(9(10)11)4-8(5-7)13-2/h3-5,9H,1-2H3. The first-order valence-corrected chi connectivity index (χ1v) is 4.91. The van der Waals surface area contributed by atoms with Gasteiger partial charge < -0.3 is 4.74 Å². The molecule has 1 nitrogen and oxygen atoms in total. The van der Waals surface area contributed by atoms with E-state index in [0.717, 1.165) is 4.90 Å². The molecule has 72 valence electrons. The molecule has 0 amide bonds. The van der Waals surface area contributed by atoms with Gasteiger partial charge in [0.1, 0.15) is 5.75 Å². The van der Waals surface area contributed by atoms with Crippen LogP contribution in [0, 0.1) is 0 Å². The Morgan fingerprint density at radius 3 is 2.46 bits per heavy atom. The third kappa shape index (κ3) is 2.59. The fraction of sp³-hybridized carbons (Fsp3) is 0.333. The van der Waals surface area contributed by atoms with Crippen molar-refractivity contribution in [3.63, 3.8) is 0 Å². The highest BCUT2D eigenvalue weighted by atomic mass is 32.2. The Bertz CT molecular complexity index is 267. The zero-order valence-electron chi connectivity index (χ0n) is 7.38. The number of halogens is 2. The van der Waals surface area contributed by atoms with Gasteiger partial charge in [0.05, 0.1) is 7.11 Å². The van der Waals surface area contributed by atoms with Crippen molar-refractivity contribution in [1.82, 2.24) is 0 Å². The SMILES string of the molecule is COc1cc(SC)cc(C(F)F)c1. The van der Waals surface area contributed by atoms with E-state index in [1.54, 1.807) is 6.07 Å². The maximum atomic E-state index is 12.3. The van der Waals surface area contributed by atoms with Gasteiger partial charge in [0.25, 0.3) is 6.43 Å². The lowest BCUT2D eigenvalue weighted by Crippen LogP contribution is -1.89. The molecule has 4 heteroatoms. The maximum Gasteiger partial charge on any atom is 0.264 e. The van der Waals surface area contributed by atoms with Crippen molar-refractivity contribution < 1.29 is 13.5 Å². The Morgan fingerprint density at radius 1 is 1.31 bits per heavy atom. The fourth-order valence-corrected chi connectivity index (χ4v) is 1.44. The topological polar surface area (TPSA) is 9.23 Å². The Morgan fingerprint density at radius 2 is 2.00 bits per heavy atom. The Balaban J connectivity index is 3.07. The highest BCUT2D eigenvalue weighted by Crippen LogP contribution is 2.28. The normalized spacial score (nSPS) is 10.5. The molecule has 0 radical (unpaired) electrons. The summed E-state index contributed by atoms with van der Waals surface area (Å²) >= 11 is 1.42. The molecule has 0 bridgehead atoms. The zero-order chi connectivity index (χ0) is 9.84. The lowest BCUT2D eigenvalue weighted by Gasteiger charge is -2.06. The van der Waals surface area contributed by atoms with E-state index in [0.29, 0.717) is 5.75 Å². The number of benzene rings is 1. The van der Waals surface area contributed by atoms with Gasteiger partial charge in [-0.25, -0.2) is 8.78 Å². The van der Waals surface area contributed by atoms with E-state index in [2.05, 4.69) is 0 Å². The molecule has 1 aromatic carbocycles. The van der Waals surface area contributed by atoms with Crippen molar-refractivity contribution in [2.75, 3.05) is 13.4 Å². The molecule has 0 aliphatic rings. The van der Waals surface area contributed by atoms with Gasteiger partial charge in [-0.15, -0.1) is 11.8 Å². The van der Waals surface area contributed by atoms with Crippen LogP contribution < -0.4 is 4.74 Å². The van der Waals surface area contributed by atoms with Crippen LogP contribution in [0.3, 0.4) is 0 Å². The summed E-state index contributed by atoms with van der Waals surface area (Å²) in [6.07, 6.45) is -0.606. The number of thioether (sulfide) groups is 1. The minimum atomic E-state index is -2.44. The molecule has 0 aliphatic heterocycles. The van der Waals surface area contributed by atoms with Crippen molar-refractivity contribution in [2.45, 2.75) is 11.3 Å². The summed E-state index contributed by atoms with van der Waals surface area (Å²) in [5.41, 5.74) is 0.00343. The minimum Gasteiger partial charge on any atom is -0.497 e. The van der Waals surface area contributed by atoms with Crippen LogP contribution in [-0.4, -0.2) is 13.4 Å². The maximum absolute atomic E-state index is 12.3. The summed E-state index contributed by atoms with van der Waals surface area (Å²) in [6, 6.07) is 4.55. The van der Waals surface area contributed by atoms with E-state index >= 15 is 0 Å². The highest BCUT2D eigenvalue weighted by Gasteiger charge is 2.09. The van der Waals surface area contributed by atoms with Crippen LogP contribution in [0.15, 0.2) is 23.1 Å². The molecule has 0 aromatic heterocycles. The fourth-order valence-electron chi connectivity index (χ4n) is 0.955. The molecular weight excluding hydrogens is 194 g/mol. The van der Waals surface area contributed by atoms with Gasteiger partial charge in [-0.3, -0.25) is 0 Å². The predicted octanol–water partition coefficient (Wildman–Crippen LogP) is 3.35. The first kappa shape index (κ1) is 10.3. The smallest absolute Gasteiger partial charge is 0.264 e. The first-order chi connectivity index (χ1) is 6.17. The highest BCUT2D eigenvalue weighted by molar-refractivity contribution is 7.98. The lowest BCUT2D eigenvalue weighted by molar-refractivity contribution is 0.150. The van der Waals surface area contributed by atoms with Crippen LogP contribution in [0.1, 0.15) is 12.0 Å². The number of rotatable bonds is 3. The summed E-state index contributed by atoms with van der Waals surface area (Å²) in [5, 5.41) is 0. The first-order valence-electron chi connectivity index (χ1n) is 3.68. The Labute approximate surface area is 80.1 Å². The van der Waals surface area contributed by atoms with Crippen molar-refractivity contribution in [1.29, 1.82) is 0 Å². The van der Waals surface area contributed by atoms with Crippen molar-refractivity contribution in [3.05, 3.63) is 23.8 Å². The summed E-state index contributed by atoms with van der Waals surface area (Å²) in [4.78, 5) is 0.787. The van der Waals surface area contributed by atoms with E-state index in [-0.39, 0.29) is 5.56 Å². The second-order valence-corrected chi connectivity index (χ2v) is 3.33. The lowest BCUT2D eigenvalue weighted by atomic mass is 10.2.